The Labute approximate surface area is 206 Å². The molecule has 6 heteroatoms. The number of methoxy groups -OCH3 is 1. The fraction of sp³-hybridized carbons (Fsp3) is 0.786. The molecule has 2 aliphatic rings. The van der Waals surface area contributed by atoms with Gasteiger partial charge in [-0.15, -0.1) is 0 Å². The first-order valence-electron chi connectivity index (χ1n) is 13.0. The minimum atomic E-state index is -0.643. The third kappa shape index (κ3) is 7.41. The Bertz CT molecular complexity index is 746. The van der Waals surface area contributed by atoms with Crippen molar-refractivity contribution in [3.05, 3.63) is 29.8 Å². The van der Waals surface area contributed by atoms with E-state index >= 15 is 0 Å². The first-order chi connectivity index (χ1) is 16.0. The van der Waals surface area contributed by atoms with Gasteiger partial charge in [-0.2, -0.15) is 0 Å². The van der Waals surface area contributed by atoms with Crippen molar-refractivity contribution in [1.82, 2.24) is 0 Å². The summed E-state index contributed by atoms with van der Waals surface area (Å²) in [6.45, 7) is 16.0. The van der Waals surface area contributed by atoms with Crippen LogP contribution >= 0.6 is 0 Å². The van der Waals surface area contributed by atoms with E-state index in [0.717, 1.165) is 37.0 Å². The lowest BCUT2D eigenvalue weighted by molar-refractivity contribution is -0.350. The van der Waals surface area contributed by atoms with E-state index < -0.39 is 11.6 Å². The number of rotatable bonds is 10. The number of hydrogen-bond donors (Lipinski definition) is 0. The highest BCUT2D eigenvalue weighted by atomic mass is 16.7. The summed E-state index contributed by atoms with van der Waals surface area (Å²) in [5.74, 6) is 0.0919. The van der Waals surface area contributed by atoms with Gasteiger partial charge in [0.15, 0.2) is 11.6 Å². The van der Waals surface area contributed by atoms with E-state index in [-0.39, 0.29) is 36.3 Å². The van der Waals surface area contributed by atoms with E-state index in [2.05, 4.69) is 20.8 Å². The second-order valence-electron chi connectivity index (χ2n) is 10.9. The van der Waals surface area contributed by atoms with Gasteiger partial charge in [0.2, 0.25) is 0 Å². The SMILES string of the molecule is CCC[C@H]1C[C@H]([C@H](C)[C@H]2OC(C)(C)O[C@@H](CCOCc3ccc(OC)cc3)[C@@H]2C)OC(C)(C)O1. The van der Waals surface area contributed by atoms with Crippen LogP contribution in [0.15, 0.2) is 24.3 Å². The van der Waals surface area contributed by atoms with E-state index in [0.29, 0.717) is 13.2 Å². The minimum Gasteiger partial charge on any atom is -0.497 e. The minimum absolute atomic E-state index is 0.0384. The smallest absolute Gasteiger partial charge is 0.163 e. The second-order valence-corrected chi connectivity index (χ2v) is 10.9. The van der Waals surface area contributed by atoms with Crippen LogP contribution in [0.2, 0.25) is 0 Å². The van der Waals surface area contributed by atoms with Crippen molar-refractivity contribution in [2.24, 2.45) is 11.8 Å². The maximum absolute atomic E-state index is 6.50. The molecule has 0 amide bonds. The summed E-state index contributed by atoms with van der Waals surface area (Å²) in [7, 11) is 1.68. The summed E-state index contributed by atoms with van der Waals surface area (Å²) in [6.07, 6.45) is 4.31. The molecular weight excluding hydrogens is 432 g/mol. The molecule has 2 fully saturated rings. The molecule has 0 aliphatic carbocycles. The zero-order chi connectivity index (χ0) is 24.9. The van der Waals surface area contributed by atoms with Crippen LogP contribution in [-0.2, 0) is 30.3 Å². The maximum atomic E-state index is 6.50. The van der Waals surface area contributed by atoms with Gasteiger partial charge in [0, 0.05) is 24.9 Å². The molecule has 0 radical (unpaired) electrons. The monoisotopic (exact) mass is 478 g/mol. The van der Waals surface area contributed by atoms with Gasteiger partial charge >= 0.3 is 0 Å². The third-order valence-corrected chi connectivity index (χ3v) is 7.03. The summed E-state index contributed by atoms with van der Waals surface area (Å²) in [4.78, 5) is 0. The summed E-state index contributed by atoms with van der Waals surface area (Å²) in [6, 6.07) is 7.99. The molecular formula is C28H46O6. The van der Waals surface area contributed by atoms with Crippen molar-refractivity contribution in [1.29, 1.82) is 0 Å². The van der Waals surface area contributed by atoms with E-state index in [4.69, 9.17) is 28.4 Å². The van der Waals surface area contributed by atoms with Crippen molar-refractivity contribution in [3.8, 4) is 5.75 Å². The van der Waals surface area contributed by atoms with Crippen molar-refractivity contribution in [2.45, 2.75) is 117 Å². The quantitative estimate of drug-likeness (QED) is 0.379. The van der Waals surface area contributed by atoms with E-state index in [1.165, 1.54) is 0 Å². The molecule has 2 saturated heterocycles. The number of benzene rings is 1. The Morgan fingerprint density at radius 3 is 2.29 bits per heavy atom. The van der Waals surface area contributed by atoms with Crippen LogP contribution in [-0.4, -0.2) is 49.7 Å². The molecule has 194 valence electrons. The van der Waals surface area contributed by atoms with E-state index in [1.807, 2.05) is 52.0 Å². The van der Waals surface area contributed by atoms with Gasteiger partial charge in [0.1, 0.15) is 5.75 Å². The lowest BCUT2D eigenvalue weighted by atomic mass is 9.81. The molecule has 0 N–H and O–H groups in total. The van der Waals surface area contributed by atoms with Crippen LogP contribution in [0.1, 0.15) is 79.7 Å². The Balaban J connectivity index is 1.58. The molecule has 0 bridgehead atoms. The predicted octanol–water partition coefficient (Wildman–Crippen LogP) is 6.10. The largest absolute Gasteiger partial charge is 0.497 e. The number of ether oxygens (including phenoxy) is 6. The Morgan fingerprint density at radius 2 is 1.65 bits per heavy atom. The molecule has 1 aromatic rings. The van der Waals surface area contributed by atoms with Gasteiger partial charge in [-0.3, -0.25) is 0 Å². The highest BCUT2D eigenvalue weighted by Crippen LogP contribution is 2.41. The topological polar surface area (TPSA) is 55.4 Å². The molecule has 34 heavy (non-hydrogen) atoms. The number of hydrogen-bond acceptors (Lipinski definition) is 6. The van der Waals surface area contributed by atoms with Gasteiger partial charge in [0.05, 0.1) is 38.1 Å². The van der Waals surface area contributed by atoms with Crippen molar-refractivity contribution in [2.75, 3.05) is 13.7 Å². The molecule has 0 aromatic heterocycles. The van der Waals surface area contributed by atoms with Crippen LogP contribution in [0, 0.1) is 11.8 Å². The van der Waals surface area contributed by atoms with Gasteiger partial charge in [-0.25, -0.2) is 0 Å². The van der Waals surface area contributed by atoms with Crippen LogP contribution in [0.25, 0.3) is 0 Å². The highest BCUT2D eigenvalue weighted by molar-refractivity contribution is 5.26. The Hall–Kier alpha value is -1.18. The summed E-state index contributed by atoms with van der Waals surface area (Å²) < 4.78 is 36.6. The molecule has 0 unspecified atom stereocenters. The molecule has 1 aromatic carbocycles. The predicted molar refractivity (Wildman–Crippen MR) is 133 cm³/mol. The zero-order valence-electron chi connectivity index (χ0n) is 22.5. The van der Waals surface area contributed by atoms with Gasteiger partial charge in [-0.1, -0.05) is 39.3 Å². The van der Waals surface area contributed by atoms with Gasteiger partial charge < -0.3 is 28.4 Å². The highest BCUT2D eigenvalue weighted by Gasteiger charge is 2.47. The van der Waals surface area contributed by atoms with Crippen LogP contribution in [0.5, 0.6) is 5.75 Å². The van der Waals surface area contributed by atoms with Gasteiger partial charge in [-0.05, 0) is 58.2 Å². The van der Waals surface area contributed by atoms with Crippen molar-refractivity contribution < 1.29 is 28.4 Å². The summed E-state index contributed by atoms with van der Waals surface area (Å²) in [5, 5.41) is 0. The fourth-order valence-electron chi connectivity index (χ4n) is 5.35. The fourth-order valence-corrected chi connectivity index (χ4v) is 5.35. The average Bonchev–Trinajstić information content (AvgIpc) is 2.77. The first kappa shape index (κ1) is 27.4. The molecule has 6 atom stereocenters. The summed E-state index contributed by atoms with van der Waals surface area (Å²) in [5.41, 5.74) is 1.13. The lowest BCUT2D eigenvalue weighted by Gasteiger charge is -2.50. The summed E-state index contributed by atoms with van der Waals surface area (Å²) >= 11 is 0. The first-order valence-corrected chi connectivity index (χ1v) is 13.0. The van der Waals surface area contributed by atoms with Crippen LogP contribution in [0.3, 0.4) is 0 Å². The van der Waals surface area contributed by atoms with Crippen molar-refractivity contribution in [3.63, 3.8) is 0 Å². The lowest BCUT2D eigenvalue weighted by Crippen LogP contribution is -2.56. The molecule has 3 rings (SSSR count). The Kier molecular flexibility index (Phi) is 9.43. The van der Waals surface area contributed by atoms with Crippen LogP contribution in [0.4, 0.5) is 0 Å². The molecule has 0 saturated carbocycles. The second kappa shape index (κ2) is 11.7. The Morgan fingerprint density at radius 1 is 0.971 bits per heavy atom. The maximum Gasteiger partial charge on any atom is 0.163 e. The normalized spacial score (nSPS) is 31.7. The van der Waals surface area contributed by atoms with Crippen molar-refractivity contribution >= 4 is 0 Å². The van der Waals surface area contributed by atoms with E-state index in [1.54, 1.807) is 7.11 Å². The molecule has 6 nitrogen and oxygen atoms in total. The van der Waals surface area contributed by atoms with Crippen LogP contribution < -0.4 is 4.74 Å². The zero-order valence-corrected chi connectivity index (χ0v) is 22.5. The van der Waals surface area contributed by atoms with E-state index in [9.17, 15) is 0 Å². The standard InChI is InChI=1S/C28H46O6/c1-9-10-23-17-25(33-27(4,5)31-23)20(3)26-19(2)24(32-28(6,7)34-26)15-16-30-18-21-11-13-22(29-8)14-12-21/h11-14,19-20,23-26H,9-10,15-18H2,1-8H3/t19-,20-,23-,24-,25+,26-/m0/s1. The average molecular weight is 479 g/mol. The molecule has 2 aliphatic heterocycles. The third-order valence-electron chi connectivity index (χ3n) is 7.03. The van der Waals surface area contributed by atoms with Gasteiger partial charge in [0.25, 0.3) is 0 Å². The molecule has 0 spiro atoms. The molecule has 2 heterocycles.